The summed E-state index contributed by atoms with van der Waals surface area (Å²) in [6.07, 6.45) is 0. The number of ketones is 1. The number of amides is 2. The Bertz CT molecular complexity index is 801. The fourth-order valence-electron chi connectivity index (χ4n) is 1.95. The highest BCUT2D eigenvalue weighted by atomic mass is 35.5. The van der Waals surface area contributed by atoms with Gasteiger partial charge < -0.3 is 11.1 Å². The first-order valence-corrected chi connectivity index (χ1v) is 7.62. The molecule has 0 saturated heterocycles. The van der Waals surface area contributed by atoms with Gasteiger partial charge in [0.1, 0.15) is 5.41 Å². The number of anilines is 1. The van der Waals surface area contributed by atoms with Crippen LogP contribution in [0, 0.1) is 5.41 Å². The molecular weight excluding hydrogens is 328 g/mol. The predicted octanol–water partition coefficient (Wildman–Crippen LogP) is 3.02. The molecule has 2 amide bonds. The highest BCUT2D eigenvalue weighted by Gasteiger charge is 2.34. The zero-order valence-electron chi connectivity index (χ0n) is 13.3. The molecule has 2 aromatic rings. The first-order chi connectivity index (χ1) is 11.2. The molecule has 5 nitrogen and oxygen atoms in total. The number of halogens is 1. The van der Waals surface area contributed by atoms with E-state index in [1.54, 1.807) is 36.4 Å². The minimum atomic E-state index is -1.41. The van der Waals surface area contributed by atoms with E-state index in [1.807, 2.05) is 0 Å². The van der Waals surface area contributed by atoms with Gasteiger partial charge in [-0.25, -0.2) is 0 Å². The molecule has 6 heteroatoms. The second-order valence-electron chi connectivity index (χ2n) is 5.83. The molecule has 0 heterocycles. The minimum absolute atomic E-state index is 0.238. The Labute approximate surface area is 144 Å². The average molecular weight is 345 g/mol. The largest absolute Gasteiger partial charge is 0.369 e. The van der Waals surface area contributed by atoms with Crippen molar-refractivity contribution in [2.45, 2.75) is 13.8 Å². The number of nitrogens with two attached hydrogens (primary N) is 1. The monoisotopic (exact) mass is 344 g/mol. The molecule has 0 aliphatic carbocycles. The van der Waals surface area contributed by atoms with Crippen LogP contribution in [0.2, 0.25) is 5.02 Å². The first kappa shape index (κ1) is 17.7. The molecule has 0 aliphatic heterocycles. The van der Waals surface area contributed by atoms with Gasteiger partial charge in [0.05, 0.1) is 5.69 Å². The van der Waals surface area contributed by atoms with E-state index < -0.39 is 17.2 Å². The van der Waals surface area contributed by atoms with Crippen LogP contribution in [0.1, 0.15) is 29.8 Å². The lowest BCUT2D eigenvalue weighted by Gasteiger charge is -2.20. The van der Waals surface area contributed by atoms with Crippen molar-refractivity contribution in [1.29, 1.82) is 0 Å². The first-order valence-electron chi connectivity index (χ1n) is 7.24. The fourth-order valence-corrected chi connectivity index (χ4v) is 2.12. The van der Waals surface area contributed by atoms with Crippen LogP contribution >= 0.6 is 11.6 Å². The van der Waals surface area contributed by atoms with Crippen LogP contribution < -0.4 is 11.1 Å². The molecule has 2 rings (SSSR count). The Morgan fingerprint density at radius 3 is 2.25 bits per heavy atom. The number of carbonyl (C=O) groups is 3. The molecule has 0 saturated carbocycles. The fraction of sp³-hybridized carbons (Fsp3) is 0.167. The normalized spacial score (nSPS) is 11.0. The maximum absolute atomic E-state index is 12.7. The molecule has 0 bridgehead atoms. The standard InChI is InChI=1S/C18H17ClN2O3/c1-18(2,16(20)23)17(24)21-14-9-8-12(19)10-13(14)15(22)11-6-4-3-5-7-11/h3-10H,1-2H3,(H2,20,23)(H,21,24). The molecule has 2 aromatic carbocycles. The minimum Gasteiger partial charge on any atom is -0.369 e. The number of nitrogens with one attached hydrogen (secondary N) is 1. The van der Waals surface area contributed by atoms with Crippen molar-refractivity contribution >= 4 is 34.9 Å². The van der Waals surface area contributed by atoms with Gasteiger partial charge in [0.2, 0.25) is 11.8 Å². The third kappa shape index (κ3) is 3.63. The van der Waals surface area contributed by atoms with Crippen LogP contribution in [-0.4, -0.2) is 17.6 Å². The summed E-state index contributed by atoms with van der Waals surface area (Å²) in [6, 6.07) is 13.2. The highest BCUT2D eigenvalue weighted by molar-refractivity contribution is 6.31. The van der Waals surface area contributed by atoms with E-state index in [0.717, 1.165) is 0 Å². The van der Waals surface area contributed by atoms with Crippen LogP contribution in [0.5, 0.6) is 0 Å². The Morgan fingerprint density at radius 2 is 1.67 bits per heavy atom. The van der Waals surface area contributed by atoms with Gasteiger partial charge in [0.15, 0.2) is 5.78 Å². The molecule has 0 aliphatic rings. The number of hydrogen-bond donors (Lipinski definition) is 2. The predicted molar refractivity (Wildman–Crippen MR) is 92.9 cm³/mol. The quantitative estimate of drug-likeness (QED) is 0.645. The Hall–Kier alpha value is -2.66. The summed E-state index contributed by atoms with van der Waals surface area (Å²) in [7, 11) is 0. The van der Waals surface area contributed by atoms with E-state index >= 15 is 0 Å². The van der Waals surface area contributed by atoms with E-state index in [1.165, 1.54) is 26.0 Å². The maximum Gasteiger partial charge on any atom is 0.239 e. The zero-order valence-corrected chi connectivity index (χ0v) is 14.1. The molecule has 0 radical (unpaired) electrons. The van der Waals surface area contributed by atoms with Crippen LogP contribution in [0.15, 0.2) is 48.5 Å². The smallest absolute Gasteiger partial charge is 0.239 e. The Kier molecular flexibility index (Phi) is 5.04. The van der Waals surface area contributed by atoms with Crippen molar-refractivity contribution in [2.75, 3.05) is 5.32 Å². The SMILES string of the molecule is CC(C)(C(N)=O)C(=O)Nc1ccc(Cl)cc1C(=O)c1ccccc1. The van der Waals surface area contributed by atoms with Crippen molar-refractivity contribution in [3.63, 3.8) is 0 Å². The lowest BCUT2D eigenvalue weighted by molar-refractivity contribution is -0.136. The van der Waals surface area contributed by atoms with Gasteiger partial charge in [-0.3, -0.25) is 14.4 Å². The van der Waals surface area contributed by atoms with Crippen molar-refractivity contribution < 1.29 is 14.4 Å². The van der Waals surface area contributed by atoms with E-state index in [9.17, 15) is 14.4 Å². The second-order valence-corrected chi connectivity index (χ2v) is 6.26. The summed E-state index contributed by atoms with van der Waals surface area (Å²) in [5.74, 6) is -1.64. The van der Waals surface area contributed by atoms with Gasteiger partial charge >= 0.3 is 0 Å². The Balaban J connectivity index is 2.41. The number of benzene rings is 2. The molecule has 0 spiro atoms. The molecule has 0 aromatic heterocycles. The third-order valence-electron chi connectivity index (χ3n) is 3.69. The third-order valence-corrected chi connectivity index (χ3v) is 3.93. The van der Waals surface area contributed by atoms with Gasteiger partial charge in [0.25, 0.3) is 0 Å². The van der Waals surface area contributed by atoms with Crippen LogP contribution in [-0.2, 0) is 9.59 Å². The molecular formula is C18H17ClN2O3. The molecule has 24 heavy (non-hydrogen) atoms. The van der Waals surface area contributed by atoms with E-state index in [2.05, 4.69) is 5.32 Å². The van der Waals surface area contributed by atoms with Gasteiger partial charge in [-0.05, 0) is 32.0 Å². The lowest BCUT2D eigenvalue weighted by atomic mass is 9.91. The number of primary amides is 1. The van der Waals surface area contributed by atoms with Gasteiger partial charge in [0, 0.05) is 16.1 Å². The van der Waals surface area contributed by atoms with E-state index in [4.69, 9.17) is 17.3 Å². The summed E-state index contributed by atoms with van der Waals surface area (Å²) in [4.78, 5) is 36.4. The summed E-state index contributed by atoms with van der Waals surface area (Å²) in [6.45, 7) is 2.83. The lowest BCUT2D eigenvalue weighted by Crippen LogP contribution is -2.42. The maximum atomic E-state index is 12.7. The van der Waals surface area contributed by atoms with Crippen molar-refractivity contribution in [3.05, 3.63) is 64.7 Å². The molecule has 124 valence electrons. The number of hydrogen-bond acceptors (Lipinski definition) is 3. The van der Waals surface area contributed by atoms with Crippen molar-refractivity contribution in [1.82, 2.24) is 0 Å². The summed E-state index contributed by atoms with van der Waals surface area (Å²) < 4.78 is 0. The number of rotatable bonds is 5. The van der Waals surface area contributed by atoms with Gasteiger partial charge in [-0.15, -0.1) is 0 Å². The van der Waals surface area contributed by atoms with Crippen LogP contribution in [0.3, 0.4) is 0 Å². The summed E-state index contributed by atoms with van der Waals surface area (Å²) in [5, 5.41) is 2.95. The molecule has 0 atom stereocenters. The second kappa shape index (κ2) is 6.84. The van der Waals surface area contributed by atoms with Crippen molar-refractivity contribution in [3.8, 4) is 0 Å². The van der Waals surface area contributed by atoms with Crippen LogP contribution in [0.4, 0.5) is 5.69 Å². The van der Waals surface area contributed by atoms with Crippen LogP contribution in [0.25, 0.3) is 0 Å². The summed E-state index contributed by atoms with van der Waals surface area (Å²) >= 11 is 5.99. The molecule has 3 N–H and O–H groups in total. The van der Waals surface area contributed by atoms with Gasteiger partial charge in [-0.2, -0.15) is 0 Å². The zero-order chi connectivity index (χ0) is 17.9. The highest BCUT2D eigenvalue weighted by Crippen LogP contribution is 2.26. The molecule has 0 fully saturated rings. The number of carbonyl (C=O) groups excluding carboxylic acids is 3. The topological polar surface area (TPSA) is 89.3 Å². The van der Waals surface area contributed by atoms with E-state index in [0.29, 0.717) is 10.6 Å². The van der Waals surface area contributed by atoms with Crippen molar-refractivity contribution in [2.24, 2.45) is 11.1 Å². The van der Waals surface area contributed by atoms with Gasteiger partial charge in [-0.1, -0.05) is 41.9 Å². The molecule has 0 unspecified atom stereocenters. The Morgan fingerprint density at radius 1 is 1.04 bits per heavy atom. The summed E-state index contributed by atoms with van der Waals surface area (Å²) in [5.41, 5.74) is 4.81. The van der Waals surface area contributed by atoms with E-state index in [-0.39, 0.29) is 17.0 Å². The average Bonchev–Trinajstić information content (AvgIpc) is 2.56.